The van der Waals surface area contributed by atoms with E-state index >= 15 is 0 Å². The number of rotatable bonds is 5. The summed E-state index contributed by atoms with van der Waals surface area (Å²) in [5.41, 5.74) is 4.06. The predicted octanol–water partition coefficient (Wildman–Crippen LogP) is 5.74. The molecule has 5 rings (SSSR count). The average molecular weight is 461 g/mol. The number of ether oxygens (including phenoxy) is 2. The van der Waals surface area contributed by atoms with Crippen molar-refractivity contribution in [3.8, 4) is 28.3 Å². The van der Waals surface area contributed by atoms with Crippen LogP contribution in [0.15, 0.2) is 60.7 Å². The first-order valence-corrected chi connectivity index (χ1v) is 11.1. The Bertz CT molecular complexity index is 1370. The molecule has 0 atom stereocenters. The molecule has 3 aromatic carbocycles. The van der Waals surface area contributed by atoms with Gasteiger partial charge in [-0.1, -0.05) is 6.07 Å². The van der Waals surface area contributed by atoms with Gasteiger partial charge in [0, 0.05) is 41.6 Å². The largest absolute Gasteiger partial charge is 0.507 e. The number of carboxylic acids is 1. The van der Waals surface area contributed by atoms with Crippen LogP contribution in [0, 0.1) is 5.82 Å². The maximum Gasteiger partial charge on any atom is 0.335 e. The molecule has 0 bridgehead atoms. The Labute approximate surface area is 195 Å². The third kappa shape index (κ3) is 3.68. The smallest absolute Gasteiger partial charge is 0.335 e. The van der Waals surface area contributed by atoms with Gasteiger partial charge in [0.15, 0.2) is 0 Å². The number of halogens is 1. The molecular formula is C27H24FNO5. The molecule has 1 saturated heterocycles. The van der Waals surface area contributed by atoms with Crippen LogP contribution in [0.1, 0.15) is 34.8 Å². The number of phenols is 1. The van der Waals surface area contributed by atoms with Crippen LogP contribution in [0.4, 0.5) is 4.39 Å². The van der Waals surface area contributed by atoms with Gasteiger partial charge in [0.2, 0.25) is 0 Å². The molecule has 1 aliphatic heterocycles. The fourth-order valence-corrected chi connectivity index (χ4v) is 4.87. The molecule has 2 N–H and O–H groups in total. The lowest BCUT2D eigenvalue weighted by Gasteiger charge is -2.26. The summed E-state index contributed by atoms with van der Waals surface area (Å²) < 4.78 is 27.1. The molecule has 2 heterocycles. The Morgan fingerprint density at radius 2 is 1.82 bits per heavy atom. The van der Waals surface area contributed by atoms with Gasteiger partial charge < -0.3 is 24.3 Å². The van der Waals surface area contributed by atoms with Crippen molar-refractivity contribution >= 4 is 16.9 Å². The highest BCUT2D eigenvalue weighted by molar-refractivity contribution is 6.05. The highest BCUT2D eigenvalue weighted by Gasteiger charge is 2.30. The van der Waals surface area contributed by atoms with E-state index in [2.05, 4.69) is 4.57 Å². The Kier molecular flexibility index (Phi) is 5.71. The summed E-state index contributed by atoms with van der Waals surface area (Å²) in [6.07, 6.45) is 1.56. The molecule has 6 nitrogen and oxygen atoms in total. The number of hydrogen-bond donors (Lipinski definition) is 2. The molecule has 7 heteroatoms. The van der Waals surface area contributed by atoms with Gasteiger partial charge in [0.1, 0.15) is 17.3 Å². The topological polar surface area (TPSA) is 80.9 Å². The van der Waals surface area contributed by atoms with E-state index in [0.29, 0.717) is 29.9 Å². The number of benzene rings is 3. The number of aromatic hydroxyl groups is 1. The Hall–Kier alpha value is -3.84. The van der Waals surface area contributed by atoms with Gasteiger partial charge >= 0.3 is 5.97 Å². The monoisotopic (exact) mass is 461 g/mol. The van der Waals surface area contributed by atoms with Gasteiger partial charge in [-0.3, -0.25) is 0 Å². The maximum atomic E-state index is 13.8. The van der Waals surface area contributed by atoms with Crippen molar-refractivity contribution in [3.05, 3.63) is 77.7 Å². The normalized spacial score (nSPS) is 14.4. The molecule has 174 valence electrons. The number of aromatic carboxylic acids is 1. The van der Waals surface area contributed by atoms with Gasteiger partial charge in [-0.25, -0.2) is 9.18 Å². The zero-order valence-corrected chi connectivity index (χ0v) is 18.6. The summed E-state index contributed by atoms with van der Waals surface area (Å²) in [6.45, 7) is 1.21. The Morgan fingerprint density at radius 3 is 2.50 bits per heavy atom. The summed E-state index contributed by atoms with van der Waals surface area (Å²) in [5.74, 6) is -0.780. The van der Waals surface area contributed by atoms with E-state index in [1.807, 2.05) is 6.07 Å². The summed E-state index contributed by atoms with van der Waals surface area (Å²) in [5, 5.41) is 21.1. The summed E-state index contributed by atoms with van der Waals surface area (Å²) in [6, 6.07) is 16.4. The second-order valence-corrected chi connectivity index (χ2v) is 8.35. The minimum Gasteiger partial charge on any atom is -0.507 e. The standard InChI is InChI=1S/C27H24FNO5/c1-33-23-15-17(27(31)32)5-10-20(23)24-25-21(3-2-4-22(25)30)29(19-8-6-18(28)7-9-19)26(24)16-11-13-34-14-12-16/h2-10,15-16,30H,11-14H2,1H3,(H,31,32). The van der Waals surface area contributed by atoms with Gasteiger partial charge in [0.05, 0.1) is 23.6 Å². The quantitative estimate of drug-likeness (QED) is 0.396. The van der Waals surface area contributed by atoms with Crippen LogP contribution in [0.3, 0.4) is 0 Å². The first-order chi connectivity index (χ1) is 16.5. The highest BCUT2D eigenvalue weighted by atomic mass is 19.1. The van der Waals surface area contributed by atoms with Crippen LogP contribution >= 0.6 is 0 Å². The molecule has 1 aliphatic rings. The molecule has 1 fully saturated rings. The van der Waals surface area contributed by atoms with Crippen molar-refractivity contribution in [3.63, 3.8) is 0 Å². The molecule has 1 aromatic heterocycles. The number of carboxylic acid groups (broad SMARTS) is 1. The van der Waals surface area contributed by atoms with Crippen LogP contribution in [0.5, 0.6) is 11.5 Å². The van der Waals surface area contributed by atoms with E-state index in [1.54, 1.807) is 30.3 Å². The zero-order chi connectivity index (χ0) is 23.8. The van der Waals surface area contributed by atoms with Crippen LogP contribution in [-0.4, -0.2) is 41.1 Å². The second-order valence-electron chi connectivity index (χ2n) is 8.35. The lowest BCUT2D eigenvalue weighted by Crippen LogP contribution is -2.17. The molecule has 4 aromatic rings. The number of methoxy groups -OCH3 is 1. The molecule has 0 spiro atoms. The first kappa shape index (κ1) is 22.0. The van der Waals surface area contributed by atoms with E-state index in [4.69, 9.17) is 9.47 Å². The first-order valence-electron chi connectivity index (χ1n) is 11.1. The van der Waals surface area contributed by atoms with Crippen LogP contribution in [0.2, 0.25) is 0 Å². The number of carbonyl (C=O) groups is 1. The van der Waals surface area contributed by atoms with Crippen LogP contribution in [0.25, 0.3) is 27.7 Å². The second kappa shape index (κ2) is 8.83. The maximum absolute atomic E-state index is 13.8. The highest BCUT2D eigenvalue weighted by Crippen LogP contribution is 2.48. The van der Waals surface area contributed by atoms with Gasteiger partial charge in [-0.05, 0) is 67.4 Å². The minimum atomic E-state index is -1.05. The third-order valence-corrected chi connectivity index (χ3v) is 6.42. The molecule has 0 aliphatic carbocycles. The lowest BCUT2D eigenvalue weighted by molar-refractivity contribution is 0.0696. The molecule has 0 unspecified atom stereocenters. The van der Waals surface area contributed by atoms with Crippen molar-refractivity contribution in [2.75, 3.05) is 20.3 Å². The van der Waals surface area contributed by atoms with E-state index in [9.17, 15) is 19.4 Å². The third-order valence-electron chi connectivity index (χ3n) is 6.42. The van der Waals surface area contributed by atoms with Gasteiger partial charge in [-0.2, -0.15) is 0 Å². The van der Waals surface area contributed by atoms with Crippen molar-refractivity contribution < 1.29 is 28.9 Å². The number of aromatic nitrogens is 1. The van der Waals surface area contributed by atoms with E-state index in [0.717, 1.165) is 35.3 Å². The number of phenolic OH excluding ortho intramolecular Hbond substituents is 1. The Morgan fingerprint density at radius 1 is 1.09 bits per heavy atom. The Balaban J connectivity index is 1.90. The molecule has 0 amide bonds. The summed E-state index contributed by atoms with van der Waals surface area (Å²) >= 11 is 0. The number of fused-ring (bicyclic) bond motifs is 1. The molecule has 0 saturated carbocycles. The van der Waals surface area contributed by atoms with E-state index in [-0.39, 0.29) is 23.0 Å². The fourth-order valence-electron chi connectivity index (χ4n) is 4.87. The van der Waals surface area contributed by atoms with E-state index in [1.165, 1.54) is 31.4 Å². The van der Waals surface area contributed by atoms with Crippen molar-refractivity contribution in [2.45, 2.75) is 18.8 Å². The van der Waals surface area contributed by atoms with Gasteiger partial charge in [-0.15, -0.1) is 0 Å². The zero-order valence-electron chi connectivity index (χ0n) is 18.6. The SMILES string of the molecule is COc1cc(C(=O)O)ccc1-c1c(C2CCOCC2)n(-c2ccc(F)cc2)c2cccc(O)c12. The minimum absolute atomic E-state index is 0.101. The van der Waals surface area contributed by atoms with E-state index < -0.39 is 5.97 Å². The van der Waals surface area contributed by atoms with Gasteiger partial charge in [0.25, 0.3) is 0 Å². The number of nitrogens with zero attached hydrogens (tertiary/aromatic N) is 1. The summed E-state index contributed by atoms with van der Waals surface area (Å²) in [4.78, 5) is 11.6. The van der Waals surface area contributed by atoms with Crippen LogP contribution < -0.4 is 4.74 Å². The van der Waals surface area contributed by atoms with Crippen molar-refractivity contribution in [2.24, 2.45) is 0 Å². The van der Waals surface area contributed by atoms with Crippen molar-refractivity contribution in [1.29, 1.82) is 0 Å². The average Bonchev–Trinajstić information content (AvgIpc) is 3.21. The fraction of sp³-hybridized carbons (Fsp3) is 0.222. The van der Waals surface area contributed by atoms with Crippen LogP contribution in [-0.2, 0) is 4.74 Å². The number of hydrogen-bond acceptors (Lipinski definition) is 4. The predicted molar refractivity (Wildman–Crippen MR) is 127 cm³/mol. The van der Waals surface area contributed by atoms with Crippen molar-refractivity contribution in [1.82, 2.24) is 4.57 Å². The molecular weight excluding hydrogens is 437 g/mol. The molecule has 0 radical (unpaired) electrons. The lowest BCUT2D eigenvalue weighted by atomic mass is 9.89. The summed E-state index contributed by atoms with van der Waals surface area (Å²) in [7, 11) is 1.50. The molecule has 34 heavy (non-hydrogen) atoms.